The molecule has 2 aliphatic heterocycles. The van der Waals surface area contributed by atoms with Crippen LogP contribution in [0.4, 0.5) is 18.9 Å². The molecule has 0 spiro atoms. The fourth-order valence-corrected chi connectivity index (χ4v) is 4.10. The van der Waals surface area contributed by atoms with Crippen molar-refractivity contribution in [2.24, 2.45) is 0 Å². The molecule has 0 N–H and O–H groups in total. The van der Waals surface area contributed by atoms with Gasteiger partial charge >= 0.3 is 0 Å². The highest BCUT2D eigenvalue weighted by molar-refractivity contribution is 6.05. The summed E-state index contributed by atoms with van der Waals surface area (Å²) in [6.45, 7) is 3.94. The zero-order valence-corrected chi connectivity index (χ0v) is 17.9. The van der Waals surface area contributed by atoms with E-state index < -0.39 is 17.5 Å². The molecule has 0 aliphatic carbocycles. The van der Waals surface area contributed by atoms with E-state index in [1.165, 1.54) is 12.8 Å². The minimum absolute atomic E-state index is 0.197. The van der Waals surface area contributed by atoms with Gasteiger partial charge in [0.25, 0.3) is 5.91 Å². The zero-order chi connectivity index (χ0) is 22.7. The number of rotatable bonds is 7. The van der Waals surface area contributed by atoms with Crippen LogP contribution in [-0.2, 0) is 11.2 Å². The summed E-state index contributed by atoms with van der Waals surface area (Å²) in [6.07, 6.45) is 5.36. The Balaban J connectivity index is 1.49. The average Bonchev–Trinajstić information content (AvgIpc) is 3.44. The maximum Gasteiger partial charge on any atom is 0.251 e. The van der Waals surface area contributed by atoms with Gasteiger partial charge in [-0.1, -0.05) is 0 Å². The van der Waals surface area contributed by atoms with E-state index in [-0.39, 0.29) is 11.5 Å². The third kappa shape index (κ3) is 4.75. The highest BCUT2D eigenvalue weighted by atomic mass is 19.2. The average molecular weight is 446 g/mol. The van der Waals surface area contributed by atoms with Crippen LogP contribution in [0.3, 0.4) is 0 Å². The second kappa shape index (κ2) is 9.65. The number of carbonyl (C=O) groups excluding carboxylic acids is 1. The minimum atomic E-state index is -1.27. The third-order valence-corrected chi connectivity index (χ3v) is 5.84. The van der Waals surface area contributed by atoms with Crippen molar-refractivity contribution in [2.45, 2.75) is 19.3 Å². The van der Waals surface area contributed by atoms with Crippen molar-refractivity contribution in [3.8, 4) is 11.5 Å². The van der Waals surface area contributed by atoms with Crippen molar-refractivity contribution in [1.29, 1.82) is 0 Å². The molecule has 2 aromatic carbocycles. The van der Waals surface area contributed by atoms with Crippen LogP contribution in [0.25, 0.3) is 6.08 Å². The van der Waals surface area contributed by atoms with E-state index in [9.17, 15) is 18.0 Å². The summed E-state index contributed by atoms with van der Waals surface area (Å²) in [6, 6.07) is 4.84. The van der Waals surface area contributed by atoms with E-state index in [0.29, 0.717) is 42.8 Å². The molecule has 8 heteroatoms. The maximum absolute atomic E-state index is 13.8. The Morgan fingerprint density at radius 2 is 1.75 bits per heavy atom. The zero-order valence-electron chi connectivity index (χ0n) is 17.9. The van der Waals surface area contributed by atoms with Crippen molar-refractivity contribution in [3.05, 3.63) is 58.9 Å². The number of methoxy groups -OCH3 is 1. The van der Waals surface area contributed by atoms with E-state index in [1.807, 2.05) is 6.07 Å². The lowest BCUT2D eigenvalue weighted by Gasteiger charge is -2.19. The Morgan fingerprint density at radius 1 is 1.00 bits per heavy atom. The molecular weight excluding hydrogens is 421 g/mol. The van der Waals surface area contributed by atoms with Gasteiger partial charge in [0.05, 0.1) is 12.8 Å². The molecule has 1 fully saturated rings. The van der Waals surface area contributed by atoms with Crippen molar-refractivity contribution < 1.29 is 27.4 Å². The van der Waals surface area contributed by atoms with Crippen LogP contribution in [0.5, 0.6) is 11.5 Å². The Bertz CT molecular complexity index is 1040. The largest absolute Gasteiger partial charge is 0.493 e. The smallest absolute Gasteiger partial charge is 0.251 e. The number of likely N-dealkylation sites (tertiary alicyclic amines) is 1. The maximum atomic E-state index is 13.8. The predicted octanol–water partition coefficient (Wildman–Crippen LogP) is 4.19. The summed E-state index contributed by atoms with van der Waals surface area (Å²) < 4.78 is 51.8. The Morgan fingerprint density at radius 3 is 2.50 bits per heavy atom. The fourth-order valence-electron chi connectivity index (χ4n) is 4.10. The first-order valence-electron chi connectivity index (χ1n) is 10.7. The molecule has 0 unspecified atom stereocenters. The molecule has 2 aromatic rings. The van der Waals surface area contributed by atoms with Gasteiger partial charge in [0.15, 0.2) is 23.1 Å². The van der Waals surface area contributed by atoms with Gasteiger partial charge in [-0.2, -0.15) is 0 Å². The second-order valence-corrected chi connectivity index (χ2v) is 7.89. The Labute approximate surface area is 185 Å². The molecule has 0 saturated carbocycles. The topological polar surface area (TPSA) is 42.0 Å². The van der Waals surface area contributed by atoms with E-state index in [2.05, 4.69) is 4.90 Å². The second-order valence-electron chi connectivity index (χ2n) is 7.89. The highest BCUT2D eigenvalue weighted by Gasteiger charge is 2.26. The molecule has 1 saturated heterocycles. The third-order valence-electron chi connectivity index (χ3n) is 5.84. The van der Waals surface area contributed by atoms with Crippen molar-refractivity contribution in [2.75, 3.05) is 44.8 Å². The molecule has 170 valence electrons. The summed E-state index contributed by atoms with van der Waals surface area (Å²) in [7, 11) is 1.58. The number of nitrogens with zero attached hydrogens (tertiary/aromatic N) is 2. The lowest BCUT2D eigenvalue weighted by atomic mass is 10.1. The monoisotopic (exact) mass is 446 g/mol. The van der Waals surface area contributed by atoms with Crippen molar-refractivity contribution in [3.63, 3.8) is 0 Å². The molecule has 4 rings (SSSR count). The van der Waals surface area contributed by atoms with Crippen LogP contribution in [-0.4, -0.2) is 50.7 Å². The van der Waals surface area contributed by atoms with Crippen molar-refractivity contribution >= 4 is 17.7 Å². The van der Waals surface area contributed by atoms with Gasteiger partial charge in [-0.3, -0.25) is 9.69 Å². The number of hydrogen-bond acceptors (Lipinski definition) is 4. The first-order valence-corrected chi connectivity index (χ1v) is 10.7. The lowest BCUT2D eigenvalue weighted by molar-refractivity contribution is -0.114. The van der Waals surface area contributed by atoms with Crippen LogP contribution >= 0.6 is 0 Å². The molecular formula is C24H25F3N2O3. The van der Waals surface area contributed by atoms with Gasteiger partial charge in [0, 0.05) is 36.9 Å². The summed E-state index contributed by atoms with van der Waals surface area (Å²) >= 11 is 0. The van der Waals surface area contributed by atoms with E-state index in [4.69, 9.17) is 9.47 Å². The normalized spacial score (nSPS) is 16.1. The number of halogens is 3. The van der Waals surface area contributed by atoms with Gasteiger partial charge in [-0.05, 0) is 56.1 Å². The first kappa shape index (κ1) is 22.2. The quantitative estimate of drug-likeness (QED) is 0.473. The number of hydrogen-bond donors (Lipinski definition) is 0. The highest BCUT2D eigenvalue weighted by Crippen LogP contribution is 2.39. The predicted molar refractivity (Wildman–Crippen MR) is 116 cm³/mol. The van der Waals surface area contributed by atoms with Gasteiger partial charge in [-0.25, -0.2) is 13.2 Å². The number of amides is 1. The molecule has 0 atom stereocenters. The summed E-state index contributed by atoms with van der Waals surface area (Å²) in [5.74, 6) is -2.60. The van der Waals surface area contributed by atoms with Crippen LogP contribution in [0.15, 0.2) is 30.3 Å². The van der Waals surface area contributed by atoms with Gasteiger partial charge in [0.1, 0.15) is 12.4 Å². The number of fused-ring (bicyclic) bond motifs is 1. The summed E-state index contributed by atoms with van der Waals surface area (Å²) in [5, 5.41) is 0. The lowest BCUT2D eigenvalue weighted by Crippen LogP contribution is -2.27. The molecule has 1 amide bonds. The van der Waals surface area contributed by atoms with Gasteiger partial charge in [-0.15, -0.1) is 0 Å². The SMILES string of the molecule is COc1cc2c(cc1OCCN1CCCC1)N(C(=O)/C=C/c1cc(F)c(F)cc1F)CC2. The molecule has 0 aromatic heterocycles. The fraction of sp³-hybridized carbons (Fsp3) is 0.375. The number of carbonyl (C=O) groups is 1. The number of ether oxygens (including phenoxy) is 2. The van der Waals surface area contributed by atoms with E-state index in [0.717, 1.165) is 43.4 Å². The van der Waals surface area contributed by atoms with Gasteiger partial charge in [0.2, 0.25) is 0 Å². The number of benzene rings is 2. The van der Waals surface area contributed by atoms with Crippen molar-refractivity contribution in [1.82, 2.24) is 4.90 Å². The summed E-state index contributed by atoms with van der Waals surface area (Å²) in [5.41, 5.74) is 1.44. The number of anilines is 1. The molecule has 5 nitrogen and oxygen atoms in total. The molecule has 32 heavy (non-hydrogen) atoms. The Kier molecular flexibility index (Phi) is 6.69. The van der Waals surface area contributed by atoms with Crippen LogP contribution in [0.1, 0.15) is 24.0 Å². The molecule has 0 bridgehead atoms. The molecule has 0 radical (unpaired) electrons. The van der Waals surface area contributed by atoms with Crippen LogP contribution in [0, 0.1) is 17.5 Å². The van der Waals surface area contributed by atoms with Crippen LogP contribution in [0.2, 0.25) is 0 Å². The van der Waals surface area contributed by atoms with E-state index >= 15 is 0 Å². The minimum Gasteiger partial charge on any atom is -0.493 e. The van der Waals surface area contributed by atoms with E-state index in [1.54, 1.807) is 18.1 Å². The van der Waals surface area contributed by atoms with Crippen LogP contribution < -0.4 is 14.4 Å². The standard InChI is InChI=1S/C24H25F3N2O3/c1-31-22-13-17-6-9-29(21(17)15-23(22)32-11-10-28-7-2-3-8-28)24(30)5-4-16-12-19(26)20(27)14-18(16)25/h4-5,12-15H,2-3,6-11H2,1H3/b5-4+. The molecule has 2 aliphatic rings. The summed E-state index contributed by atoms with van der Waals surface area (Å²) in [4.78, 5) is 16.7. The molecule has 2 heterocycles. The Hall–Kier alpha value is -3.00. The van der Waals surface area contributed by atoms with Gasteiger partial charge < -0.3 is 14.4 Å². The first-order chi connectivity index (χ1) is 15.5.